The number of halogens is 1. The van der Waals surface area contributed by atoms with E-state index in [4.69, 9.17) is 4.42 Å². The molecular formula is C29H31FN2O4S. The maximum Gasteiger partial charge on any atom is 0.255 e. The molecule has 0 fully saturated rings. The summed E-state index contributed by atoms with van der Waals surface area (Å²) >= 11 is 0. The van der Waals surface area contributed by atoms with Crippen LogP contribution in [0, 0.1) is 11.7 Å². The molecule has 1 amide bonds. The lowest BCUT2D eigenvalue weighted by Crippen LogP contribution is -2.19. The van der Waals surface area contributed by atoms with Gasteiger partial charge in [0.05, 0.1) is 17.0 Å². The third-order valence-electron chi connectivity index (χ3n) is 6.69. The quantitative estimate of drug-likeness (QED) is 0.239. The third-order valence-corrected chi connectivity index (χ3v) is 7.99. The minimum atomic E-state index is -3.64. The Morgan fingerprint density at radius 2 is 1.65 bits per heavy atom. The minimum Gasteiger partial charge on any atom is -0.455 e. The van der Waals surface area contributed by atoms with Crippen LogP contribution in [-0.2, 0) is 10.0 Å². The van der Waals surface area contributed by atoms with Crippen LogP contribution in [0.5, 0.6) is 0 Å². The number of carbonyl (C=O) groups excluding carboxylic acids is 1. The number of hydrogen-bond donors (Lipinski definition) is 2. The van der Waals surface area contributed by atoms with Crippen LogP contribution in [0.2, 0.25) is 0 Å². The van der Waals surface area contributed by atoms with E-state index in [1.807, 2.05) is 30.3 Å². The van der Waals surface area contributed by atoms with E-state index < -0.39 is 15.8 Å². The lowest BCUT2D eigenvalue weighted by Gasteiger charge is -2.16. The normalized spacial score (nSPS) is 11.7. The number of anilines is 1. The van der Waals surface area contributed by atoms with Crippen molar-refractivity contribution in [2.75, 3.05) is 17.5 Å². The SMILES string of the molecule is CCC(CC)CCS(=O)(=O)Nc1cc2oc(-c3ccc(F)cc3)c(C(=O)NC)c2cc1-c1ccccc1. The highest BCUT2D eigenvalue weighted by Gasteiger charge is 2.25. The third kappa shape index (κ3) is 5.85. The Labute approximate surface area is 216 Å². The van der Waals surface area contributed by atoms with E-state index in [1.165, 1.54) is 19.2 Å². The molecule has 3 aromatic carbocycles. The van der Waals surface area contributed by atoms with Crippen LogP contribution < -0.4 is 10.0 Å². The summed E-state index contributed by atoms with van der Waals surface area (Å²) in [4.78, 5) is 13.0. The van der Waals surface area contributed by atoms with Crippen molar-refractivity contribution in [2.45, 2.75) is 33.1 Å². The van der Waals surface area contributed by atoms with E-state index in [1.54, 1.807) is 24.3 Å². The summed E-state index contributed by atoms with van der Waals surface area (Å²) in [6, 6.07) is 18.4. The summed E-state index contributed by atoms with van der Waals surface area (Å²) in [6.07, 6.45) is 2.42. The van der Waals surface area contributed by atoms with Crippen LogP contribution in [0.25, 0.3) is 33.4 Å². The number of amides is 1. The number of furan rings is 1. The molecule has 8 heteroatoms. The minimum absolute atomic E-state index is 0.00802. The second kappa shape index (κ2) is 11.2. The smallest absolute Gasteiger partial charge is 0.255 e. The molecule has 0 saturated carbocycles. The van der Waals surface area contributed by atoms with Gasteiger partial charge in [-0.15, -0.1) is 0 Å². The van der Waals surface area contributed by atoms with Crippen LogP contribution in [0.1, 0.15) is 43.5 Å². The van der Waals surface area contributed by atoms with E-state index in [0.717, 1.165) is 18.4 Å². The molecule has 0 aliphatic carbocycles. The molecule has 0 radical (unpaired) electrons. The zero-order valence-corrected chi connectivity index (χ0v) is 22.0. The average molecular weight is 523 g/mol. The fraction of sp³-hybridized carbons (Fsp3) is 0.276. The molecule has 4 rings (SSSR count). The van der Waals surface area contributed by atoms with Crippen LogP contribution in [-0.4, -0.2) is 27.1 Å². The van der Waals surface area contributed by atoms with Crippen molar-refractivity contribution >= 4 is 32.6 Å². The maximum absolute atomic E-state index is 13.6. The van der Waals surface area contributed by atoms with Crippen molar-refractivity contribution in [3.05, 3.63) is 78.1 Å². The van der Waals surface area contributed by atoms with Crippen molar-refractivity contribution in [1.29, 1.82) is 0 Å². The molecule has 194 valence electrons. The Balaban J connectivity index is 1.88. The number of fused-ring (bicyclic) bond motifs is 1. The second-order valence-electron chi connectivity index (χ2n) is 9.04. The summed E-state index contributed by atoms with van der Waals surface area (Å²) in [5.41, 5.74) is 2.95. The number of rotatable bonds is 10. The summed E-state index contributed by atoms with van der Waals surface area (Å²) in [5.74, 6) is -0.143. The lowest BCUT2D eigenvalue weighted by atomic mass is 9.99. The zero-order valence-electron chi connectivity index (χ0n) is 21.2. The molecule has 1 heterocycles. The van der Waals surface area contributed by atoms with E-state index in [9.17, 15) is 17.6 Å². The number of carbonyl (C=O) groups is 1. The first-order valence-electron chi connectivity index (χ1n) is 12.4. The second-order valence-corrected chi connectivity index (χ2v) is 10.9. The molecule has 1 aromatic heterocycles. The predicted molar refractivity (Wildman–Crippen MR) is 147 cm³/mol. The van der Waals surface area contributed by atoms with E-state index in [0.29, 0.717) is 45.7 Å². The van der Waals surface area contributed by atoms with Crippen molar-refractivity contribution in [3.8, 4) is 22.5 Å². The summed E-state index contributed by atoms with van der Waals surface area (Å²) in [6.45, 7) is 4.13. The van der Waals surface area contributed by atoms with Gasteiger partial charge in [0.2, 0.25) is 10.0 Å². The first-order valence-corrected chi connectivity index (χ1v) is 14.1. The van der Waals surface area contributed by atoms with Crippen LogP contribution in [0.4, 0.5) is 10.1 Å². The van der Waals surface area contributed by atoms with Crippen molar-refractivity contribution in [2.24, 2.45) is 5.92 Å². The first kappa shape index (κ1) is 26.4. The standard InChI is InChI=1S/C29H31FN2O4S/c1-4-19(5-2)15-16-37(34,35)32-25-18-26-24(17-23(25)20-9-7-6-8-10-20)27(29(33)31-3)28(36-26)21-11-13-22(30)14-12-21/h6-14,17-19,32H,4-5,15-16H2,1-3H3,(H,31,33). The highest BCUT2D eigenvalue weighted by Crippen LogP contribution is 2.40. The van der Waals surface area contributed by atoms with Gasteiger partial charge < -0.3 is 9.73 Å². The first-order chi connectivity index (χ1) is 17.8. The van der Waals surface area contributed by atoms with Gasteiger partial charge in [0, 0.05) is 29.6 Å². The number of sulfonamides is 1. The molecule has 37 heavy (non-hydrogen) atoms. The van der Waals surface area contributed by atoms with Gasteiger partial charge in [-0.25, -0.2) is 12.8 Å². The van der Waals surface area contributed by atoms with Crippen molar-refractivity contribution in [3.63, 3.8) is 0 Å². The number of nitrogens with one attached hydrogen (secondary N) is 2. The van der Waals surface area contributed by atoms with Gasteiger partial charge in [-0.1, -0.05) is 57.0 Å². The van der Waals surface area contributed by atoms with E-state index in [-0.39, 0.29) is 17.4 Å². The highest BCUT2D eigenvalue weighted by atomic mass is 32.2. The summed E-state index contributed by atoms with van der Waals surface area (Å²) in [7, 11) is -2.12. The van der Waals surface area contributed by atoms with Crippen molar-refractivity contribution in [1.82, 2.24) is 5.32 Å². The Bertz CT molecular complexity index is 1490. The Kier molecular flexibility index (Phi) is 7.97. The maximum atomic E-state index is 13.6. The molecule has 0 unspecified atom stereocenters. The van der Waals surface area contributed by atoms with Gasteiger partial charge in [-0.2, -0.15) is 0 Å². The Morgan fingerprint density at radius 1 is 0.973 bits per heavy atom. The highest BCUT2D eigenvalue weighted by molar-refractivity contribution is 7.92. The summed E-state index contributed by atoms with van der Waals surface area (Å²) < 4.78 is 48.6. The average Bonchev–Trinajstić information content (AvgIpc) is 3.27. The Morgan fingerprint density at radius 3 is 2.27 bits per heavy atom. The van der Waals surface area contributed by atoms with Gasteiger partial charge in [0.15, 0.2) is 0 Å². The number of benzene rings is 3. The largest absolute Gasteiger partial charge is 0.455 e. The van der Waals surface area contributed by atoms with Crippen molar-refractivity contribution < 1.29 is 22.0 Å². The molecule has 4 aromatic rings. The lowest BCUT2D eigenvalue weighted by molar-refractivity contribution is 0.0964. The van der Waals surface area contributed by atoms with Gasteiger partial charge in [-0.05, 0) is 48.2 Å². The fourth-order valence-corrected chi connectivity index (χ4v) is 5.73. The summed E-state index contributed by atoms with van der Waals surface area (Å²) in [5, 5.41) is 3.17. The molecule has 0 spiro atoms. The molecule has 0 aliphatic rings. The number of hydrogen-bond acceptors (Lipinski definition) is 4. The van der Waals surface area contributed by atoms with Gasteiger partial charge >= 0.3 is 0 Å². The predicted octanol–water partition coefficient (Wildman–Crippen LogP) is 6.83. The van der Waals surface area contributed by atoms with Crippen LogP contribution in [0.15, 0.2) is 71.1 Å². The molecule has 0 bridgehead atoms. The van der Waals surface area contributed by atoms with Crippen LogP contribution >= 0.6 is 0 Å². The monoisotopic (exact) mass is 522 g/mol. The van der Waals surface area contributed by atoms with Gasteiger partial charge in [0.25, 0.3) is 5.91 Å². The van der Waals surface area contributed by atoms with E-state index in [2.05, 4.69) is 23.9 Å². The topological polar surface area (TPSA) is 88.4 Å². The fourth-order valence-electron chi connectivity index (χ4n) is 4.48. The molecule has 0 aliphatic heterocycles. The van der Waals surface area contributed by atoms with Crippen LogP contribution in [0.3, 0.4) is 0 Å². The molecule has 0 saturated heterocycles. The zero-order chi connectivity index (χ0) is 26.6. The Hall–Kier alpha value is -3.65. The van der Waals surface area contributed by atoms with Gasteiger partial charge in [-0.3, -0.25) is 9.52 Å². The van der Waals surface area contributed by atoms with Gasteiger partial charge in [0.1, 0.15) is 17.2 Å². The molecule has 6 nitrogen and oxygen atoms in total. The van der Waals surface area contributed by atoms with E-state index >= 15 is 0 Å². The molecule has 2 N–H and O–H groups in total. The molecular weight excluding hydrogens is 491 g/mol. The molecule has 0 atom stereocenters.